The third-order valence-electron chi connectivity index (χ3n) is 6.15. The molecule has 0 aliphatic carbocycles. The molecule has 3 fully saturated rings. The van der Waals surface area contributed by atoms with E-state index in [9.17, 15) is 0 Å². The molecule has 46 heavy (non-hydrogen) atoms. The Morgan fingerprint density at radius 3 is 1.33 bits per heavy atom. The highest BCUT2D eigenvalue weighted by molar-refractivity contribution is 4.59. The van der Waals surface area contributed by atoms with E-state index in [0.717, 1.165) is 65.3 Å². The van der Waals surface area contributed by atoms with Crippen LogP contribution in [0.2, 0.25) is 0 Å². The minimum absolute atomic E-state index is 0.000000000000000444. The molecule has 12 nitrogen and oxygen atoms in total. The maximum Gasteiger partial charge on any atom is 0.157 e. The molecule has 0 spiro atoms. The summed E-state index contributed by atoms with van der Waals surface area (Å²) in [5.74, 6) is 0. The zero-order valence-electron chi connectivity index (χ0n) is 32.2. The molecule has 0 amide bonds. The van der Waals surface area contributed by atoms with Gasteiger partial charge in [-0.2, -0.15) is 0 Å². The monoisotopic (exact) mass is 675 g/mol. The van der Waals surface area contributed by atoms with Crippen LogP contribution in [0.25, 0.3) is 0 Å². The number of methoxy groups -OCH3 is 3. The van der Waals surface area contributed by atoms with Crippen LogP contribution in [-0.4, -0.2) is 117 Å². The fourth-order valence-electron chi connectivity index (χ4n) is 3.47. The average molecular weight is 675 g/mol. The van der Waals surface area contributed by atoms with Crippen molar-refractivity contribution in [1.82, 2.24) is 0 Å². The summed E-state index contributed by atoms with van der Waals surface area (Å²) in [6, 6.07) is 0. The van der Waals surface area contributed by atoms with Crippen molar-refractivity contribution in [2.24, 2.45) is 0 Å². The largest absolute Gasteiger partial charge is 0.356 e. The van der Waals surface area contributed by atoms with Crippen LogP contribution in [0.4, 0.5) is 0 Å². The molecule has 12 heteroatoms. The van der Waals surface area contributed by atoms with Gasteiger partial charge in [0.2, 0.25) is 0 Å². The molecule has 282 valence electrons. The van der Waals surface area contributed by atoms with Crippen molar-refractivity contribution in [3.05, 3.63) is 0 Å². The first-order valence-electron chi connectivity index (χ1n) is 17.1. The van der Waals surface area contributed by atoms with Crippen LogP contribution in [0.5, 0.6) is 0 Å². The van der Waals surface area contributed by atoms with Gasteiger partial charge in [0.25, 0.3) is 0 Å². The van der Waals surface area contributed by atoms with E-state index >= 15 is 0 Å². The molecule has 0 radical (unpaired) electrons. The maximum atomic E-state index is 5.29. The Bertz CT molecular complexity index is 546. The van der Waals surface area contributed by atoms with Crippen LogP contribution >= 0.6 is 0 Å². The minimum atomic E-state index is -0.0509. The number of hydrogen-bond donors (Lipinski definition) is 0. The summed E-state index contributed by atoms with van der Waals surface area (Å²) in [6.45, 7) is 28.3. The normalized spacial score (nSPS) is 26.7. The van der Waals surface area contributed by atoms with Crippen molar-refractivity contribution in [3.63, 3.8) is 0 Å². The minimum Gasteiger partial charge on any atom is -0.356 e. The van der Waals surface area contributed by atoms with Crippen molar-refractivity contribution < 1.29 is 56.8 Å². The zero-order chi connectivity index (χ0) is 35.8. The molecule has 3 aliphatic heterocycles. The first-order chi connectivity index (χ1) is 21.9. The summed E-state index contributed by atoms with van der Waals surface area (Å²) in [5, 5.41) is 0. The highest BCUT2D eigenvalue weighted by Crippen LogP contribution is 2.13. The smallest absolute Gasteiger partial charge is 0.157 e. The van der Waals surface area contributed by atoms with Gasteiger partial charge in [0.15, 0.2) is 37.7 Å². The van der Waals surface area contributed by atoms with E-state index in [4.69, 9.17) is 56.8 Å². The van der Waals surface area contributed by atoms with Gasteiger partial charge in [-0.15, -0.1) is 0 Å². The second kappa shape index (κ2) is 35.8. The van der Waals surface area contributed by atoms with Gasteiger partial charge >= 0.3 is 0 Å². The predicted octanol–water partition coefficient (Wildman–Crippen LogP) is 6.91. The first-order valence-corrected chi connectivity index (χ1v) is 17.1. The lowest BCUT2D eigenvalue weighted by Crippen LogP contribution is -2.12. The van der Waals surface area contributed by atoms with Gasteiger partial charge in [-0.25, -0.2) is 0 Å². The Kier molecular flexibility index (Phi) is 38.9. The van der Waals surface area contributed by atoms with Gasteiger partial charge in [-0.1, -0.05) is 27.7 Å². The predicted molar refractivity (Wildman–Crippen MR) is 181 cm³/mol. The molecule has 3 aliphatic rings. The molecule has 0 saturated carbocycles. The topological polar surface area (TPSA) is 111 Å². The van der Waals surface area contributed by atoms with E-state index in [0.29, 0.717) is 18.3 Å². The molecular formula is C34H74O12. The Morgan fingerprint density at radius 2 is 1.11 bits per heavy atom. The number of hydrogen-bond acceptors (Lipinski definition) is 12. The van der Waals surface area contributed by atoms with Gasteiger partial charge < -0.3 is 56.8 Å². The summed E-state index contributed by atoms with van der Waals surface area (Å²) in [5.41, 5.74) is 0. The molecule has 0 aromatic heterocycles. The molecule has 0 aromatic rings. The Morgan fingerprint density at radius 1 is 0.587 bits per heavy atom. The first kappa shape index (κ1) is 49.9. The lowest BCUT2D eigenvalue weighted by molar-refractivity contribution is -0.120. The van der Waals surface area contributed by atoms with Gasteiger partial charge in [0.05, 0.1) is 38.1 Å². The Hall–Kier alpha value is -0.480. The highest BCUT2D eigenvalue weighted by atomic mass is 16.7. The number of rotatable bonds is 13. The summed E-state index contributed by atoms with van der Waals surface area (Å²) >= 11 is 0. The lowest BCUT2D eigenvalue weighted by Gasteiger charge is -2.11. The quantitative estimate of drug-likeness (QED) is 0.189. The standard InChI is InChI=1S/2C6H12O2.2C6H14O2.C5H10O2.C5H12O2/c1-3-6-4-7-5(2)8-6;1-3-6-7-4-5(2)8-6;1-4-5-8-6(2)7-3;1-4-6(7-3)8-5-2;1-4-3-6-5(2)7-4;1-4-7-5(2)6-3/h2*5-6H,3-4H2,1-2H3;2*6H,4-5H2,1-3H3;4-5H,3H2,1-2H3;5H,4H2,1-3H3. The molecule has 0 bridgehead atoms. The SMILES string of the molecule is CC1COC(C)O1.CCC1COC(C)O1.CCC1OCC(C)O1.CCCOC(C)OC.CCOC(C)OC.CCOC(CC)OC. The van der Waals surface area contributed by atoms with Crippen molar-refractivity contribution in [1.29, 1.82) is 0 Å². The van der Waals surface area contributed by atoms with E-state index in [1.54, 1.807) is 21.3 Å². The molecule has 9 unspecified atom stereocenters. The van der Waals surface area contributed by atoms with Gasteiger partial charge in [-0.3, -0.25) is 0 Å². The molecule has 3 heterocycles. The lowest BCUT2D eigenvalue weighted by atomic mass is 10.3. The van der Waals surface area contributed by atoms with Gasteiger partial charge in [0, 0.05) is 41.2 Å². The van der Waals surface area contributed by atoms with Gasteiger partial charge in [-0.05, 0) is 81.1 Å². The van der Waals surface area contributed by atoms with E-state index in [-0.39, 0.29) is 37.7 Å². The van der Waals surface area contributed by atoms with Crippen LogP contribution in [0.3, 0.4) is 0 Å². The van der Waals surface area contributed by atoms with E-state index in [1.807, 2.05) is 62.3 Å². The van der Waals surface area contributed by atoms with E-state index < -0.39 is 0 Å². The van der Waals surface area contributed by atoms with Crippen LogP contribution < -0.4 is 0 Å². The molecule has 3 saturated heterocycles. The van der Waals surface area contributed by atoms with E-state index in [2.05, 4.69) is 20.8 Å². The van der Waals surface area contributed by atoms with Crippen molar-refractivity contribution in [2.75, 3.05) is 61.0 Å². The summed E-state index contributed by atoms with van der Waals surface area (Å²) in [4.78, 5) is 0. The summed E-state index contributed by atoms with van der Waals surface area (Å²) in [6.07, 6.45) is 4.98. The van der Waals surface area contributed by atoms with Crippen molar-refractivity contribution in [3.8, 4) is 0 Å². The average Bonchev–Trinajstić information content (AvgIpc) is 3.80. The van der Waals surface area contributed by atoms with E-state index in [1.165, 1.54) is 0 Å². The van der Waals surface area contributed by atoms with Crippen molar-refractivity contribution in [2.45, 2.75) is 165 Å². The molecule has 0 aromatic carbocycles. The summed E-state index contributed by atoms with van der Waals surface area (Å²) < 4.78 is 60.8. The molecule has 0 N–H and O–H groups in total. The molecule has 9 atom stereocenters. The zero-order valence-corrected chi connectivity index (χ0v) is 32.2. The Balaban J connectivity index is -0.000000483. The van der Waals surface area contributed by atoms with Crippen LogP contribution in [-0.2, 0) is 56.8 Å². The Labute approximate surface area is 282 Å². The van der Waals surface area contributed by atoms with Crippen molar-refractivity contribution >= 4 is 0 Å². The summed E-state index contributed by atoms with van der Waals surface area (Å²) in [7, 11) is 4.92. The van der Waals surface area contributed by atoms with Crippen LogP contribution in [0, 0.1) is 0 Å². The highest BCUT2D eigenvalue weighted by Gasteiger charge is 2.20. The van der Waals surface area contributed by atoms with Gasteiger partial charge in [0.1, 0.15) is 0 Å². The molecule has 3 rings (SSSR count). The van der Waals surface area contributed by atoms with Crippen LogP contribution in [0.1, 0.15) is 109 Å². The van der Waals surface area contributed by atoms with Crippen LogP contribution in [0.15, 0.2) is 0 Å². The fourth-order valence-corrected chi connectivity index (χ4v) is 3.47. The third-order valence-corrected chi connectivity index (χ3v) is 6.15. The molecular weight excluding hydrogens is 600 g/mol. The second-order valence-corrected chi connectivity index (χ2v) is 10.5. The maximum absolute atomic E-state index is 5.29. The number of ether oxygens (including phenoxy) is 12. The fraction of sp³-hybridized carbons (Fsp3) is 1.00. The second-order valence-electron chi connectivity index (χ2n) is 10.5. The third kappa shape index (κ3) is 33.4.